The van der Waals surface area contributed by atoms with Crippen LogP contribution >= 0.6 is 0 Å². The van der Waals surface area contributed by atoms with Gasteiger partial charge < -0.3 is 0 Å². The lowest BCUT2D eigenvalue weighted by Crippen LogP contribution is -2.34. The van der Waals surface area contributed by atoms with Crippen LogP contribution in [0.15, 0.2) is 36.5 Å². The molecule has 1 aromatic heterocycles. The Balaban J connectivity index is 2.12. The van der Waals surface area contributed by atoms with E-state index in [0.717, 1.165) is 0 Å². The maximum absolute atomic E-state index is 2.42. The van der Waals surface area contributed by atoms with E-state index in [1.165, 1.54) is 47.2 Å². The van der Waals surface area contributed by atoms with Crippen molar-refractivity contribution in [2.24, 2.45) is 12.5 Å². The van der Waals surface area contributed by atoms with Crippen molar-refractivity contribution < 1.29 is 4.57 Å². The van der Waals surface area contributed by atoms with Crippen LogP contribution in [0.25, 0.3) is 11.3 Å². The van der Waals surface area contributed by atoms with Gasteiger partial charge in [-0.2, -0.15) is 0 Å². The third kappa shape index (κ3) is 2.37. The van der Waals surface area contributed by atoms with Gasteiger partial charge in [0.15, 0.2) is 6.20 Å². The molecule has 0 bridgehead atoms. The number of rotatable bonds is 1. The third-order valence-electron chi connectivity index (χ3n) is 4.61. The first-order valence-electron chi connectivity index (χ1n) is 7.54. The molecule has 0 aliphatic heterocycles. The molecule has 0 N–H and O–H groups in total. The number of hydrogen-bond acceptors (Lipinski definition) is 0. The highest BCUT2D eigenvalue weighted by Gasteiger charge is 2.28. The maximum Gasteiger partial charge on any atom is 0.212 e. The van der Waals surface area contributed by atoms with Gasteiger partial charge in [0.25, 0.3) is 0 Å². The van der Waals surface area contributed by atoms with E-state index in [4.69, 9.17) is 0 Å². The highest BCUT2D eigenvalue weighted by Crippen LogP contribution is 2.35. The normalized spacial score (nSPS) is 16.8. The molecule has 1 aliphatic rings. The Morgan fingerprint density at radius 3 is 2.60 bits per heavy atom. The van der Waals surface area contributed by atoms with Gasteiger partial charge in [-0.1, -0.05) is 32.0 Å². The molecule has 1 heteroatoms. The first kappa shape index (κ1) is 13.4. The fourth-order valence-electron chi connectivity index (χ4n) is 3.34. The monoisotopic (exact) mass is 266 g/mol. The van der Waals surface area contributed by atoms with E-state index < -0.39 is 0 Å². The summed E-state index contributed by atoms with van der Waals surface area (Å²) in [4.78, 5) is 0. The zero-order chi connectivity index (χ0) is 14.3. The summed E-state index contributed by atoms with van der Waals surface area (Å²) in [7, 11) is 2.17. The lowest BCUT2D eigenvalue weighted by atomic mass is 9.74. The molecule has 3 rings (SSSR count). The van der Waals surface area contributed by atoms with Crippen LogP contribution in [0.2, 0.25) is 0 Å². The number of nitrogens with zero attached hydrogens (tertiary/aromatic N) is 1. The van der Waals surface area contributed by atoms with Crippen molar-refractivity contribution >= 4 is 0 Å². The van der Waals surface area contributed by atoms with Gasteiger partial charge >= 0.3 is 0 Å². The first-order chi connectivity index (χ1) is 9.46. The predicted molar refractivity (Wildman–Crippen MR) is 83.6 cm³/mol. The van der Waals surface area contributed by atoms with Gasteiger partial charge in [-0.25, -0.2) is 4.57 Å². The Bertz CT molecular complexity index is 653. The Morgan fingerprint density at radius 2 is 1.85 bits per heavy atom. The molecule has 0 amide bonds. The number of aromatic nitrogens is 1. The van der Waals surface area contributed by atoms with Gasteiger partial charge in [-0.15, -0.1) is 0 Å². The predicted octanol–water partition coefficient (Wildman–Crippen LogP) is 4.00. The van der Waals surface area contributed by atoms with E-state index in [0.29, 0.717) is 5.41 Å². The summed E-state index contributed by atoms with van der Waals surface area (Å²) < 4.78 is 2.29. The highest BCUT2D eigenvalue weighted by molar-refractivity contribution is 5.61. The van der Waals surface area contributed by atoms with Crippen LogP contribution < -0.4 is 4.57 Å². The summed E-state index contributed by atoms with van der Waals surface area (Å²) in [6, 6.07) is 11.1. The average Bonchev–Trinajstić information content (AvgIpc) is 2.39. The SMILES string of the molecule is Cc1ccccc1-c1cc2c(c[n+]1C)CCC(C)(C)C2. The average molecular weight is 266 g/mol. The second-order valence-corrected chi connectivity index (χ2v) is 6.98. The maximum atomic E-state index is 2.42. The number of fused-ring (bicyclic) bond motifs is 1. The largest absolute Gasteiger partial charge is 0.212 e. The molecule has 0 saturated carbocycles. The number of pyridine rings is 1. The summed E-state index contributed by atoms with van der Waals surface area (Å²) in [5.74, 6) is 0. The third-order valence-corrected chi connectivity index (χ3v) is 4.61. The van der Waals surface area contributed by atoms with Gasteiger partial charge in [0.1, 0.15) is 7.05 Å². The van der Waals surface area contributed by atoms with Crippen LogP contribution in [0.5, 0.6) is 0 Å². The Morgan fingerprint density at radius 1 is 1.10 bits per heavy atom. The molecule has 1 nitrogen and oxygen atoms in total. The van der Waals surface area contributed by atoms with Gasteiger partial charge in [0.05, 0.1) is 0 Å². The Hall–Kier alpha value is -1.63. The first-order valence-corrected chi connectivity index (χ1v) is 7.54. The molecule has 0 atom stereocenters. The second kappa shape index (κ2) is 4.73. The summed E-state index contributed by atoms with van der Waals surface area (Å²) >= 11 is 0. The van der Waals surface area contributed by atoms with E-state index in [1.807, 2.05) is 0 Å². The fourth-order valence-corrected chi connectivity index (χ4v) is 3.34. The summed E-state index contributed by atoms with van der Waals surface area (Å²) in [6.07, 6.45) is 6.04. The van der Waals surface area contributed by atoms with E-state index in [9.17, 15) is 0 Å². The van der Waals surface area contributed by atoms with Gasteiger partial charge in [-0.05, 0) is 48.8 Å². The molecule has 1 aliphatic carbocycles. The van der Waals surface area contributed by atoms with E-state index in [-0.39, 0.29) is 0 Å². The molecule has 0 saturated heterocycles. The van der Waals surface area contributed by atoms with E-state index in [2.05, 4.69) is 68.9 Å². The molecule has 20 heavy (non-hydrogen) atoms. The van der Waals surface area contributed by atoms with Crippen LogP contribution in [0.1, 0.15) is 37.0 Å². The number of benzene rings is 1. The summed E-state index contributed by atoms with van der Waals surface area (Å²) in [5, 5.41) is 0. The molecule has 0 radical (unpaired) electrons. The van der Waals surface area contributed by atoms with Crippen LogP contribution in [-0.4, -0.2) is 0 Å². The minimum atomic E-state index is 0.440. The molecule has 0 fully saturated rings. The van der Waals surface area contributed by atoms with Crippen molar-refractivity contribution in [1.82, 2.24) is 0 Å². The minimum absolute atomic E-state index is 0.440. The van der Waals surface area contributed by atoms with Crippen molar-refractivity contribution in [3.05, 3.63) is 53.2 Å². The molecule has 1 heterocycles. The van der Waals surface area contributed by atoms with Crippen molar-refractivity contribution in [2.75, 3.05) is 0 Å². The summed E-state index contributed by atoms with van der Waals surface area (Å²) in [5.41, 5.74) is 7.54. The lowest BCUT2D eigenvalue weighted by Gasteiger charge is -2.30. The van der Waals surface area contributed by atoms with Crippen LogP contribution in [0.3, 0.4) is 0 Å². The zero-order valence-electron chi connectivity index (χ0n) is 13.0. The van der Waals surface area contributed by atoms with Crippen LogP contribution in [-0.2, 0) is 19.9 Å². The van der Waals surface area contributed by atoms with Gasteiger partial charge in [0.2, 0.25) is 5.69 Å². The molecular weight excluding hydrogens is 242 g/mol. The van der Waals surface area contributed by atoms with E-state index >= 15 is 0 Å². The standard InChI is InChI=1S/C19H24N/c1-14-7-5-6-8-17(14)18-11-16-12-19(2,3)10-9-15(16)13-20(18)4/h5-8,11,13H,9-10,12H2,1-4H3/q+1. The molecule has 1 aromatic carbocycles. The van der Waals surface area contributed by atoms with Crippen LogP contribution in [0.4, 0.5) is 0 Å². The van der Waals surface area contributed by atoms with Crippen molar-refractivity contribution in [3.63, 3.8) is 0 Å². The fraction of sp³-hybridized carbons (Fsp3) is 0.421. The minimum Gasteiger partial charge on any atom is -0.201 e. The molecule has 104 valence electrons. The van der Waals surface area contributed by atoms with Gasteiger partial charge in [-0.3, -0.25) is 0 Å². The molecule has 2 aromatic rings. The highest BCUT2D eigenvalue weighted by atomic mass is 14.9. The Labute approximate surface area is 122 Å². The molecule has 0 spiro atoms. The van der Waals surface area contributed by atoms with Crippen molar-refractivity contribution in [1.29, 1.82) is 0 Å². The molecular formula is C19H24N+. The zero-order valence-corrected chi connectivity index (χ0v) is 13.0. The second-order valence-electron chi connectivity index (χ2n) is 6.98. The lowest BCUT2D eigenvalue weighted by molar-refractivity contribution is -0.660. The van der Waals surface area contributed by atoms with Crippen molar-refractivity contribution in [3.8, 4) is 11.3 Å². The smallest absolute Gasteiger partial charge is 0.201 e. The number of aryl methyl sites for hydroxylation is 3. The quantitative estimate of drug-likeness (QED) is 0.687. The van der Waals surface area contributed by atoms with E-state index in [1.54, 1.807) is 0 Å². The van der Waals surface area contributed by atoms with Crippen molar-refractivity contribution in [2.45, 2.75) is 40.0 Å². The number of hydrogen-bond donors (Lipinski definition) is 0. The van der Waals surface area contributed by atoms with Crippen LogP contribution in [0, 0.1) is 12.3 Å². The topological polar surface area (TPSA) is 3.88 Å². The molecule has 0 unspecified atom stereocenters. The van der Waals surface area contributed by atoms with Gasteiger partial charge in [0, 0.05) is 17.2 Å². The Kier molecular flexibility index (Phi) is 3.16. The summed E-state index contributed by atoms with van der Waals surface area (Å²) in [6.45, 7) is 6.96.